The van der Waals surface area contributed by atoms with Crippen molar-refractivity contribution in [1.29, 1.82) is 0 Å². The van der Waals surface area contributed by atoms with Gasteiger partial charge in [0.15, 0.2) is 0 Å². The van der Waals surface area contributed by atoms with Crippen molar-refractivity contribution in [3.8, 4) is 0 Å². The third-order valence-electron chi connectivity index (χ3n) is 3.68. The molecule has 4 nitrogen and oxygen atoms in total. The lowest BCUT2D eigenvalue weighted by Crippen LogP contribution is -2.42. The van der Waals surface area contributed by atoms with Crippen LogP contribution in [0.3, 0.4) is 0 Å². The minimum Gasteiger partial charge on any atom is -0.347 e. The van der Waals surface area contributed by atoms with E-state index in [1.54, 1.807) is 12.1 Å². The van der Waals surface area contributed by atoms with Crippen LogP contribution < -0.4 is 5.32 Å². The zero-order valence-electron chi connectivity index (χ0n) is 12.4. The fourth-order valence-electron chi connectivity index (χ4n) is 2.35. The van der Waals surface area contributed by atoms with Gasteiger partial charge in [-0.25, -0.2) is 4.39 Å². The maximum Gasteiger partial charge on any atom is 0.406 e. The molecule has 0 bridgehead atoms. The van der Waals surface area contributed by atoms with Gasteiger partial charge < -0.3 is 10.2 Å². The maximum atomic E-state index is 12.8. The van der Waals surface area contributed by atoms with Gasteiger partial charge in [0, 0.05) is 13.0 Å². The summed E-state index contributed by atoms with van der Waals surface area (Å²) in [4.78, 5) is 23.9. The number of halogens is 4. The Bertz CT molecular complexity index is 586. The molecule has 0 heterocycles. The first kappa shape index (κ1) is 17.2. The van der Waals surface area contributed by atoms with Crippen molar-refractivity contribution in [1.82, 2.24) is 10.2 Å². The van der Waals surface area contributed by atoms with Crippen LogP contribution in [0.25, 0.3) is 0 Å². The average Bonchev–Trinajstić information content (AvgIpc) is 3.23. The number of amides is 2. The summed E-state index contributed by atoms with van der Waals surface area (Å²) in [5.41, 5.74) is 0.826. The predicted molar refractivity (Wildman–Crippen MR) is 73.9 cm³/mol. The number of nitrogens with one attached hydrogen (secondary N) is 1. The standard InChI is InChI=1S/C15H16F4N2O2/c1-21(8-15(17,18)19)13(22)7-20-14(23)12-6-11(12)9-2-4-10(16)5-3-9/h2-5,11-12H,6-8H2,1H3,(H,20,23)/t11-,12-/m1/s1. The molecule has 1 aromatic carbocycles. The molecule has 126 valence electrons. The van der Waals surface area contributed by atoms with Gasteiger partial charge in [-0.15, -0.1) is 0 Å². The summed E-state index contributed by atoms with van der Waals surface area (Å²) < 4.78 is 49.3. The van der Waals surface area contributed by atoms with Gasteiger partial charge >= 0.3 is 6.18 Å². The minimum absolute atomic E-state index is 0.0430. The molecule has 2 rings (SSSR count). The van der Waals surface area contributed by atoms with Crippen LogP contribution in [-0.2, 0) is 9.59 Å². The zero-order chi connectivity index (χ0) is 17.2. The Kier molecular flexibility index (Phi) is 4.91. The van der Waals surface area contributed by atoms with Crippen LogP contribution in [-0.4, -0.2) is 43.0 Å². The van der Waals surface area contributed by atoms with E-state index in [4.69, 9.17) is 0 Å². The molecular weight excluding hydrogens is 316 g/mol. The number of rotatable bonds is 5. The summed E-state index contributed by atoms with van der Waals surface area (Å²) >= 11 is 0. The van der Waals surface area contributed by atoms with Crippen molar-refractivity contribution in [3.05, 3.63) is 35.6 Å². The number of benzene rings is 1. The molecule has 0 radical (unpaired) electrons. The SMILES string of the molecule is CN(CC(F)(F)F)C(=O)CNC(=O)[C@@H]1C[C@@H]1c1ccc(F)cc1. The fraction of sp³-hybridized carbons (Fsp3) is 0.467. The molecule has 1 N–H and O–H groups in total. The molecular formula is C15H16F4N2O2. The van der Waals surface area contributed by atoms with Crippen LogP contribution in [0.2, 0.25) is 0 Å². The average molecular weight is 332 g/mol. The smallest absolute Gasteiger partial charge is 0.347 e. The molecule has 0 aliphatic heterocycles. The molecule has 2 atom stereocenters. The number of likely N-dealkylation sites (N-methyl/N-ethyl adjacent to an activating group) is 1. The van der Waals surface area contributed by atoms with Crippen molar-refractivity contribution < 1.29 is 27.2 Å². The molecule has 1 aliphatic carbocycles. The highest BCUT2D eigenvalue weighted by molar-refractivity contribution is 5.87. The number of hydrogen-bond donors (Lipinski definition) is 1. The third kappa shape index (κ3) is 4.94. The fourth-order valence-corrected chi connectivity index (χ4v) is 2.35. The van der Waals surface area contributed by atoms with Gasteiger partial charge in [0.25, 0.3) is 0 Å². The Morgan fingerprint density at radius 1 is 1.26 bits per heavy atom. The highest BCUT2D eigenvalue weighted by Crippen LogP contribution is 2.47. The Morgan fingerprint density at radius 2 is 1.87 bits per heavy atom. The molecule has 1 saturated carbocycles. The molecule has 0 aromatic heterocycles. The van der Waals surface area contributed by atoms with E-state index >= 15 is 0 Å². The Labute approximate surface area is 130 Å². The van der Waals surface area contributed by atoms with Crippen LogP contribution in [0.4, 0.5) is 17.6 Å². The normalized spacial score (nSPS) is 20.0. The third-order valence-corrected chi connectivity index (χ3v) is 3.68. The molecule has 8 heteroatoms. The van der Waals surface area contributed by atoms with E-state index in [1.165, 1.54) is 12.1 Å². The van der Waals surface area contributed by atoms with Gasteiger partial charge in [-0.3, -0.25) is 9.59 Å². The molecule has 0 saturated heterocycles. The minimum atomic E-state index is -4.47. The van der Waals surface area contributed by atoms with Crippen molar-refractivity contribution in [2.75, 3.05) is 20.1 Å². The van der Waals surface area contributed by atoms with Crippen LogP contribution in [0, 0.1) is 11.7 Å². The Hall–Kier alpha value is -2.12. The number of carbonyl (C=O) groups is 2. The van der Waals surface area contributed by atoms with Crippen LogP contribution in [0.1, 0.15) is 17.9 Å². The monoisotopic (exact) mass is 332 g/mol. The van der Waals surface area contributed by atoms with E-state index in [2.05, 4.69) is 5.32 Å². The lowest BCUT2D eigenvalue weighted by atomic mass is 10.1. The van der Waals surface area contributed by atoms with Gasteiger partial charge in [-0.1, -0.05) is 12.1 Å². The number of alkyl halides is 3. The largest absolute Gasteiger partial charge is 0.406 e. The van der Waals surface area contributed by atoms with Crippen molar-refractivity contribution in [2.24, 2.45) is 5.92 Å². The zero-order valence-corrected chi connectivity index (χ0v) is 12.4. The highest BCUT2D eigenvalue weighted by atomic mass is 19.4. The van der Waals surface area contributed by atoms with E-state index in [9.17, 15) is 27.2 Å². The van der Waals surface area contributed by atoms with Crippen LogP contribution >= 0.6 is 0 Å². The number of hydrogen-bond acceptors (Lipinski definition) is 2. The maximum absolute atomic E-state index is 12.8. The van der Waals surface area contributed by atoms with Crippen molar-refractivity contribution >= 4 is 11.8 Å². The quantitative estimate of drug-likeness (QED) is 0.839. The molecule has 23 heavy (non-hydrogen) atoms. The van der Waals surface area contributed by atoms with Gasteiger partial charge in [0.2, 0.25) is 11.8 Å². The lowest BCUT2D eigenvalue weighted by molar-refractivity contribution is -0.158. The molecule has 0 spiro atoms. The van der Waals surface area contributed by atoms with Crippen molar-refractivity contribution in [3.63, 3.8) is 0 Å². The second-order valence-corrected chi connectivity index (χ2v) is 5.58. The topological polar surface area (TPSA) is 49.4 Å². The van der Waals surface area contributed by atoms with Gasteiger partial charge in [-0.2, -0.15) is 13.2 Å². The second-order valence-electron chi connectivity index (χ2n) is 5.58. The van der Waals surface area contributed by atoms with Gasteiger partial charge in [-0.05, 0) is 30.0 Å². The van der Waals surface area contributed by atoms with E-state index in [0.29, 0.717) is 11.3 Å². The predicted octanol–water partition coefficient (Wildman–Crippen LogP) is 2.07. The van der Waals surface area contributed by atoms with Crippen LogP contribution in [0.5, 0.6) is 0 Å². The lowest BCUT2D eigenvalue weighted by Gasteiger charge is -2.19. The molecule has 2 amide bonds. The molecule has 1 aromatic rings. The van der Waals surface area contributed by atoms with Crippen molar-refractivity contribution in [2.45, 2.75) is 18.5 Å². The molecule has 1 aliphatic rings. The molecule has 0 unspecified atom stereocenters. The van der Waals surface area contributed by atoms with Crippen LogP contribution in [0.15, 0.2) is 24.3 Å². The summed E-state index contributed by atoms with van der Waals surface area (Å²) in [5.74, 6) is -1.93. The highest BCUT2D eigenvalue weighted by Gasteiger charge is 2.44. The van der Waals surface area contributed by atoms with Gasteiger partial charge in [0.1, 0.15) is 12.4 Å². The first-order valence-corrected chi connectivity index (χ1v) is 7.01. The first-order valence-electron chi connectivity index (χ1n) is 7.01. The van der Waals surface area contributed by atoms with Gasteiger partial charge in [0.05, 0.1) is 6.54 Å². The van der Waals surface area contributed by atoms with E-state index < -0.39 is 25.2 Å². The Morgan fingerprint density at radius 3 is 2.43 bits per heavy atom. The van der Waals surface area contributed by atoms with E-state index in [-0.39, 0.29) is 23.6 Å². The summed E-state index contributed by atoms with van der Waals surface area (Å²) in [6, 6.07) is 5.79. The number of nitrogens with zero attached hydrogens (tertiary/aromatic N) is 1. The first-order chi connectivity index (χ1) is 10.7. The summed E-state index contributed by atoms with van der Waals surface area (Å²) in [7, 11) is 1.03. The Balaban J connectivity index is 1.78. The summed E-state index contributed by atoms with van der Waals surface area (Å²) in [6.45, 7) is -1.83. The van der Waals surface area contributed by atoms with E-state index in [1.807, 2.05) is 0 Å². The summed E-state index contributed by atoms with van der Waals surface area (Å²) in [6.07, 6.45) is -3.90. The molecule has 1 fully saturated rings. The van der Waals surface area contributed by atoms with E-state index in [0.717, 1.165) is 12.6 Å². The number of carbonyl (C=O) groups excluding carboxylic acids is 2. The summed E-state index contributed by atoms with van der Waals surface area (Å²) in [5, 5.41) is 2.35. The second kappa shape index (κ2) is 6.55.